The Morgan fingerprint density at radius 2 is 1.06 bits per heavy atom. The second kappa shape index (κ2) is 18.9. The van der Waals surface area contributed by atoms with Gasteiger partial charge in [-0.25, -0.2) is 0 Å². The van der Waals surface area contributed by atoms with Gasteiger partial charge in [-0.2, -0.15) is 0 Å². The van der Waals surface area contributed by atoms with E-state index in [0.29, 0.717) is 52.7 Å². The lowest BCUT2D eigenvalue weighted by molar-refractivity contribution is -0.117. The van der Waals surface area contributed by atoms with Crippen molar-refractivity contribution in [3.63, 3.8) is 0 Å². The van der Waals surface area contributed by atoms with Crippen LogP contribution < -0.4 is 20.1 Å². The minimum absolute atomic E-state index is 0.150. The SMILES string of the molecule is C=CC(=O)NCCCCOCCOc1ccc(OCCOCCCCNC(=O)C=C)cc1. The molecule has 8 nitrogen and oxygen atoms in total. The van der Waals surface area contributed by atoms with Gasteiger partial charge in [0.05, 0.1) is 13.2 Å². The maximum atomic E-state index is 11.0. The lowest BCUT2D eigenvalue weighted by atomic mass is 10.3. The van der Waals surface area contributed by atoms with E-state index in [-0.39, 0.29) is 11.8 Å². The van der Waals surface area contributed by atoms with Gasteiger partial charge in [0.1, 0.15) is 24.7 Å². The zero-order valence-corrected chi connectivity index (χ0v) is 18.8. The summed E-state index contributed by atoms with van der Waals surface area (Å²) in [5.74, 6) is 1.22. The van der Waals surface area contributed by atoms with Crippen LogP contribution in [0.2, 0.25) is 0 Å². The molecular formula is C24H36N2O6. The quantitative estimate of drug-likeness (QED) is 0.235. The fourth-order valence-electron chi connectivity index (χ4n) is 2.50. The van der Waals surface area contributed by atoms with Crippen molar-refractivity contribution in [3.8, 4) is 11.5 Å². The summed E-state index contributed by atoms with van der Waals surface area (Å²) >= 11 is 0. The summed E-state index contributed by atoms with van der Waals surface area (Å²) in [6.45, 7) is 11.3. The minimum atomic E-state index is -0.150. The van der Waals surface area contributed by atoms with Crippen molar-refractivity contribution in [1.29, 1.82) is 0 Å². The number of benzene rings is 1. The first-order valence-corrected chi connectivity index (χ1v) is 11.0. The zero-order valence-electron chi connectivity index (χ0n) is 18.8. The summed E-state index contributed by atoms with van der Waals surface area (Å²) in [6, 6.07) is 7.43. The molecule has 2 N–H and O–H groups in total. The van der Waals surface area contributed by atoms with Crippen molar-refractivity contribution in [1.82, 2.24) is 10.6 Å². The van der Waals surface area contributed by atoms with E-state index in [2.05, 4.69) is 23.8 Å². The van der Waals surface area contributed by atoms with Crippen molar-refractivity contribution in [2.24, 2.45) is 0 Å². The van der Waals surface area contributed by atoms with Crippen LogP contribution in [0.5, 0.6) is 11.5 Å². The standard InChI is InChI=1S/C24H36N2O6/c1-3-23(27)25-13-5-7-15-29-17-19-31-21-9-11-22(12-10-21)32-20-18-30-16-8-6-14-26-24(28)4-2/h3-4,9-12H,1-2,5-8,13-20H2,(H,25,27)(H,26,28). The zero-order chi connectivity index (χ0) is 23.3. The molecule has 0 aromatic heterocycles. The van der Waals surface area contributed by atoms with Gasteiger partial charge in [0.15, 0.2) is 0 Å². The van der Waals surface area contributed by atoms with E-state index in [1.807, 2.05) is 24.3 Å². The molecule has 1 aromatic carbocycles. The first-order chi connectivity index (χ1) is 15.7. The molecule has 0 saturated carbocycles. The highest BCUT2D eigenvalue weighted by Gasteiger charge is 1.99. The highest BCUT2D eigenvalue weighted by atomic mass is 16.5. The normalized spacial score (nSPS) is 10.2. The summed E-state index contributed by atoms with van der Waals surface area (Å²) < 4.78 is 22.3. The molecule has 178 valence electrons. The van der Waals surface area contributed by atoms with Gasteiger partial charge >= 0.3 is 0 Å². The molecule has 0 aliphatic carbocycles. The van der Waals surface area contributed by atoms with E-state index >= 15 is 0 Å². The van der Waals surface area contributed by atoms with E-state index in [1.165, 1.54) is 12.2 Å². The van der Waals surface area contributed by atoms with Crippen LogP contribution in [0.25, 0.3) is 0 Å². The molecule has 0 radical (unpaired) electrons. The minimum Gasteiger partial charge on any atom is -0.491 e. The topological polar surface area (TPSA) is 95.1 Å². The average molecular weight is 449 g/mol. The van der Waals surface area contributed by atoms with Crippen LogP contribution in [0, 0.1) is 0 Å². The Labute approximate surface area is 190 Å². The summed E-state index contributed by atoms with van der Waals surface area (Å²) in [5, 5.41) is 5.45. The van der Waals surface area contributed by atoms with Gasteiger partial charge in [-0.3, -0.25) is 9.59 Å². The van der Waals surface area contributed by atoms with E-state index in [9.17, 15) is 9.59 Å². The van der Waals surface area contributed by atoms with Crippen LogP contribution in [0.3, 0.4) is 0 Å². The molecule has 0 heterocycles. The van der Waals surface area contributed by atoms with Gasteiger partial charge in [0, 0.05) is 26.3 Å². The van der Waals surface area contributed by atoms with Gasteiger partial charge in [0.25, 0.3) is 0 Å². The smallest absolute Gasteiger partial charge is 0.243 e. The molecule has 32 heavy (non-hydrogen) atoms. The molecule has 0 aliphatic heterocycles. The lowest BCUT2D eigenvalue weighted by Crippen LogP contribution is -2.22. The van der Waals surface area contributed by atoms with Gasteiger partial charge < -0.3 is 29.6 Å². The lowest BCUT2D eigenvalue weighted by Gasteiger charge is -2.10. The number of unbranched alkanes of at least 4 members (excludes halogenated alkanes) is 2. The van der Waals surface area contributed by atoms with Crippen LogP contribution in [0.1, 0.15) is 25.7 Å². The summed E-state index contributed by atoms with van der Waals surface area (Å²) in [5.41, 5.74) is 0. The summed E-state index contributed by atoms with van der Waals surface area (Å²) in [4.78, 5) is 22.0. The van der Waals surface area contributed by atoms with Crippen molar-refractivity contribution < 1.29 is 28.5 Å². The van der Waals surface area contributed by atoms with Crippen molar-refractivity contribution in [3.05, 3.63) is 49.6 Å². The van der Waals surface area contributed by atoms with Crippen LogP contribution in [-0.2, 0) is 19.1 Å². The largest absolute Gasteiger partial charge is 0.491 e. The van der Waals surface area contributed by atoms with Crippen LogP contribution in [0.15, 0.2) is 49.6 Å². The second-order valence-electron chi connectivity index (χ2n) is 6.80. The van der Waals surface area contributed by atoms with E-state index in [0.717, 1.165) is 37.2 Å². The fourth-order valence-corrected chi connectivity index (χ4v) is 2.50. The molecule has 8 heteroatoms. The van der Waals surface area contributed by atoms with Gasteiger partial charge in [0.2, 0.25) is 11.8 Å². The maximum Gasteiger partial charge on any atom is 0.243 e. The molecule has 0 bridgehead atoms. The molecule has 0 unspecified atom stereocenters. The maximum absolute atomic E-state index is 11.0. The van der Waals surface area contributed by atoms with Crippen LogP contribution in [-0.4, -0.2) is 64.5 Å². The van der Waals surface area contributed by atoms with Crippen LogP contribution in [0.4, 0.5) is 0 Å². The molecule has 0 saturated heterocycles. The third-order valence-electron chi connectivity index (χ3n) is 4.22. The number of rotatable bonds is 20. The highest BCUT2D eigenvalue weighted by molar-refractivity contribution is 5.87. The first-order valence-electron chi connectivity index (χ1n) is 11.0. The third-order valence-corrected chi connectivity index (χ3v) is 4.22. The number of nitrogens with one attached hydrogen (secondary N) is 2. The Morgan fingerprint density at radius 1 is 0.656 bits per heavy atom. The molecule has 0 aliphatic rings. The predicted octanol–water partition coefficient (Wildman–Crippen LogP) is 2.64. The number of ether oxygens (including phenoxy) is 4. The van der Waals surface area contributed by atoms with Gasteiger partial charge in [-0.05, 0) is 62.1 Å². The Balaban J connectivity index is 1.95. The van der Waals surface area contributed by atoms with Crippen molar-refractivity contribution >= 4 is 11.8 Å². The van der Waals surface area contributed by atoms with Crippen LogP contribution >= 0.6 is 0 Å². The first kappa shape index (κ1) is 27.2. The molecule has 1 rings (SSSR count). The molecule has 1 aromatic rings. The van der Waals surface area contributed by atoms with Gasteiger partial charge in [-0.1, -0.05) is 13.2 Å². The molecule has 2 amide bonds. The predicted molar refractivity (Wildman–Crippen MR) is 124 cm³/mol. The number of carbonyl (C=O) groups excluding carboxylic acids is 2. The molecule has 0 fully saturated rings. The fraction of sp³-hybridized carbons (Fsp3) is 0.500. The average Bonchev–Trinajstić information content (AvgIpc) is 2.82. The number of hydrogen-bond donors (Lipinski definition) is 2. The Hall–Kier alpha value is -2.84. The Morgan fingerprint density at radius 3 is 1.44 bits per heavy atom. The number of hydrogen-bond acceptors (Lipinski definition) is 6. The summed E-state index contributed by atoms with van der Waals surface area (Å²) in [6.07, 6.45) is 6.01. The highest BCUT2D eigenvalue weighted by Crippen LogP contribution is 2.17. The number of amides is 2. The van der Waals surface area contributed by atoms with E-state index in [1.54, 1.807) is 0 Å². The molecule has 0 spiro atoms. The van der Waals surface area contributed by atoms with Crippen molar-refractivity contribution in [2.45, 2.75) is 25.7 Å². The van der Waals surface area contributed by atoms with Gasteiger partial charge in [-0.15, -0.1) is 0 Å². The Bertz CT molecular complexity index is 606. The monoisotopic (exact) mass is 448 g/mol. The summed E-state index contributed by atoms with van der Waals surface area (Å²) in [7, 11) is 0. The van der Waals surface area contributed by atoms with E-state index < -0.39 is 0 Å². The molecular weight excluding hydrogens is 412 g/mol. The van der Waals surface area contributed by atoms with Crippen molar-refractivity contribution in [2.75, 3.05) is 52.7 Å². The third kappa shape index (κ3) is 15.0. The van der Waals surface area contributed by atoms with E-state index in [4.69, 9.17) is 18.9 Å². The Kier molecular flexibility index (Phi) is 16.1. The second-order valence-corrected chi connectivity index (χ2v) is 6.80. The number of carbonyl (C=O) groups is 2. The molecule has 0 atom stereocenters.